The molecule has 1 atom stereocenters. The average molecular weight is 274 g/mol. The molecular weight excluding hydrogens is 256 g/mol. The molecule has 0 radical (unpaired) electrons. The van der Waals surface area contributed by atoms with E-state index in [1.165, 1.54) is 16.8 Å². The van der Waals surface area contributed by atoms with Crippen LogP contribution in [-0.4, -0.2) is 18.6 Å². The predicted molar refractivity (Wildman–Crippen MR) is 78.0 cm³/mol. The molecule has 0 saturated heterocycles. The molecule has 2 aromatic rings. The zero-order valence-corrected chi connectivity index (χ0v) is 12.1. The smallest absolute Gasteiger partial charge is 0.122 e. The number of thiazole rings is 1. The molecule has 3 rings (SSSR count). The van der Waals surface area contributed by atoms with E-state index in [1.54, 1.807) is 11.3 Å². The fourth-order valence-corrected chi connectivity index (χ4v) is 3.15. The number of fused-ring (bicyclic) bond motifs is 1. The van der Waals surface area contributed by atoms with Gasteiger partial charge in [0.1, 0.15) is 5.75 Å². The van der Waals surface area contributed by atoms with Gasteiger partial charge in [-0.2, -0.15) is 0 Å². The van der Waals surface area contributed by atoms with Gasteiger partial charge in [0.05, 0.1) is 17.3 Å². The van der Waals surface area contributed by atoms with Gasteiger partial charge in [0.25, 0.3) is 0 Å². The molecule has 0 fully saturated rings. The molecule has 1 aromatic heterocycles. The number of nitrogens with one attached hydrogen (secondary N) is 1. The van der Waals surface area contributed by atoms with Crippen molar-refractivity contribution in [3.8, 4) is 5.75 Å². The highest BCUT2D eigenvalue weighted by Crippen LogP contribution is 2.29. The van der Waals surface area contributed by atoms with E-state index in [9.17, 15) is 0 Å². The molecule has 3 nitrogen and oxygen atoms in total. The third-order valence-electron chi connectivity index (χ3n) is 3.54. The lowest BCUT2D eigenvalue weighted by atomic mass is 9.99. The lowest BCUT2D eigenvalue weighted by Crippen LogP contribution is -2.19. The second-order valence-corrected chi connectivity index (χ2v) is 5.93. The Kier molecular flexibility index (Phi) is 3.53. The third-order valence-corrected chi connectivity index (χ3v) is 4.37. The van der Waals surface area contributed by atoms with E-state index < -0.39 is 0 Å². The van der Waals surface area contributed by atoms with Crippen LogP contribution in [0.15, 0.2) is 23.6 Å². The Balaban J connectivity index is 1.82. The van der Waals surface area contributed by atoms with Crippen LogP contribution in [0.25, 0.3) is 0 Å². The fourth-order valence-electron chi connectivity index (χ4n) is 2.52. The summed E-state index contributed by atoms with van der Waals surface area (Å²) in [4.78, 5) is 4.55. The maximum absolute atomic E-state index is 5.56. The van der Waals surface area contributed by atoms with E-state index in [4.69, 9.17) is 4.74 Å². The van der Waals surface area contributed by atoms with Gasteiger partial charge in [-0.15, -0.1) is 11.3 Å². The first kappa shape index (κ1) is 12.6. The van der Waals surface area contributed by atoms with Crippen LogP contribution in [0.1, 0.15) is 27.9 Å². The lowest BCUT2D eigenvalue weighted by Gasteiger charge is -2.16. The molecule has 2 heterocycles. The highest BCUT2D eigenvalue weighted by Gasteiger charge is 2.17. The van der Waals surface area contributed by atoms with Crippen LogP contribution in [0.3, 0.4) is 0 Å². The monoisotopic (exact) mass is 274 g/mol. The van der Waals surface area contributed by atoms with Crippen LogP contribution in [-0.2, 0) is 12.8 Å². The second kappa shape index (κ2) is 5.31. The minimum absolute atomic E-state index is 0.312. The van der Waals surface area contributed by atoms with E-state index >= 15 is 0 Å². The Labute approximate surface area is 117 Å². The molecule has 0 saturated carbocycles. The van der Waals surface area contributed by atoms with Crippen molar-refractivity contribution in [1.29, 1.82) is 0 Å². The zero-order chi connectivity index (χ0) is 13.2. The number of hydrogen-bond acceptors (Lipinski definition) is 4. The van der Waals surface area contributed by atoms with Crippen molar-refractivity contribution in [3.63, 3.8) is 0 Å². The molecule has 100 valence electrons. The lowest BCUT2D eigenvalue weighted by molar-refractivity contribution is 0.356. The Morgan fingerprint density at radius 2 is 2.37 bits per heavy atom. The molecule has 1 N–H and O–H groups in total. The molecule has 1 aliphatic heterocycles. The number of nitrogens with zero attached hydrogens (tertiary/aromatic N) is 1. The SMILES string of the molecule is CNC(Cc1csc(C)n1)c1ccc2c(c1)CCO2. The van der Waals surface area contributed by atoms with Gasteiger partial charge >= 0.3 is 0 Å². The maximum Gasteiger partial charge on any atom is 0.122 e. The maximum atomic E-state index is 5.56. The summed E-state index contributed by atoms with van der Waals surface area (Å²) in [5.74, 6) is 1.04. The van der Waals surface area contributed by atoms with E-state index in [1.807, 2.05) is 7.05 Å². The van der Waals surface area contributed by atoms with Crippen molar-refractivity contribution < 1.29 is 4.74 Å². The second-order valence-electron chi connectivity index (χ2n) is 4.87. The standard InChI is InChI=1S/C15H18N2OS/c1-10-17-13(9-19-10)8-14(16-2)11-3-4-15-12(7-11)5-6-18-15/h3-4,7,9,14,16H,5-6,8H2,1-2H3. The van der Waals surface area contributed by atoms with Gasteiger partial charge in [-0.1, -0.05) is 12.1 Å². The largest absolute Gasteiger partial charge is 0.493 e. The van der Waals surface area contributed by atoms with Gasteiger partial charge < -0.3 is 10.1 Å². The summed E-state index contributed by atoms with van der Waals surface area (Å²) in [5.41, 5.74) is 3.81. The number of likely N-dealkylation sites (N-methyl/N-ethyl adjacent to an activating group) is 1. The summed E-state index contributed by atoms with van der Waals surface area (Å²) < 4.78 is 5.56. The number of benzene rings is 1. The summed E-state index contributed by atoms with van der Waals surface area (Å²) in [6, 6.07) is 6.83. The van der Waals surface area contributed by atoms with Gasteiger partial charge in [-0.05, 0) is 31.2 Å². The van der Waals surface area contributed by atoms with E-state index in [2.05, 4.69) is 40.8 Å². The number of aryl methyl sites for hydroxylation is 1. The fraction of sp³-hybridized carbons (Fsp3) is 0.400. The van der Waals surface area contributed by atoms with Gasteiger partial charge in [0, 0.05) is 24.3 Å². The van der Waals surface area contributed by atoms with Gasteiger partial charge in [-0.3, -0.25) is 0 Å². The number of aromatic nitrogens is 1. The van der Waals surface area contributed by atoms with Gasteiger partial charge in [0.15, 0.2) is 0 Å². The highest BCUT2D eigenvalue weighted by molar-refractivity contribution is 7.09. The minimum Gasteiger partial charge on any atom is -0.493 e. The van der Waals surface area contributed by atoms with Crippen molar-refractivity contribution >= 4 is 11.3 Å². The van der Waals surface area contributed by atoms with Crippen molar-refractivity contribution in [1.82, 2.24) is 10.3 Å². The van der Waals surface area contributed by atoms with Gasteiger partial charge in [0.2, 0.25) is 0 Å². The van der Waals surface area contributed by atoms with E-state index in [0.29, 0.717) is 6.04 Å². The number of hydrogen-bond donors (Lipinski definition) is 1. The van der Waals surface area contributed by atoms with Crippen molar-refractivity contribution in [2.24, 2.45) is 0 Å². The summed E-state index contributed by atoms with van der Waals surface area (Å²) in [6.45, 7) is 2.86. The molecule has 19 heavy (non-hydrogen) atoms. The Hall–Kier alpha value is -1.39. The Bertz CT molecular complexity index is 579. The van der Waals surface area contributed by atoms with Crippen LogP contribution in [0.4, 0.5) is 0 Å². The minimum atomic E-state index is 0.312. The average Bonchev–Trinajstić information content (AvgIpc) is 3.03. The molecule has 0 bridgehead atoms. The van der Waals surface area contributed by atoms with Gasteiger partial charge in [-0.25, -0.2) is 4.98 Å². The summed E-state index contributed by atoms with van der Waals surface area (Å²) in [7, 11) is 2.01. The first-order valence-electron chi connectivity index (χ1n) is 6.60. The summed E-state index contributed by atoms with van der Waals surface area (Å²) in [5, 5.41) is 6.67. The topological polar surface area (TPSA) is 34.2 Å². The quantitative estimate of drug-likeness (QED) is 0.931. The predicted octanol–water partition coefficient (Wildman–Crippen LogP) is 2.89. The van der Waals surface area contributed by atoms with Crippen LogP contribution >= 0.6 is 11.3 Å². The first-order chi connectivity index (χ1) is 9.26. The third kappa shape index (κ3) is 2.65. The van der Waals surface area contributed by atoms with Crippen LogP contribution in [0, 0.1) is 6.92 Å². The Morgan fingerprint density at radius 1 is 1.47 bits per heavy atom. The van der Waals surface area contributed by atoms with Crippen molar-refractivity contribution in [2.45, 2.75) is 25.8 Å². The molecule has 1 aliphatic rings. The molecule has 4 heteroatoms. The first-order valence-corrected chi connectivity index (χ1v) is 7.48. The molecule has 1 aromatic carbocycles. The van der Waals surface area contributed by atoms with Crippen LogP contribution in [0.2, 0.25) is 0 Å². The Morgan fingerprint density at radius 3 is 3.11 bits per heavy atom. The van der Waals surface area contributed by atoms with E-state index in [0.717, 1.165) is 30.2 Å². The van der Waals surface area contributed by atoms with Crippen LogP contribution in [0.5, 0.6) is 5.75 Å². The van der Waals surface area contributed by atoms with Crippen molar-refractivity contribution in [2.75, 3.05) is 13.7 Å². The van der Waals surface area contributed by atoms with E-state index in [-0.39, 0.29) is 0 Å². The number of ether oxygens (including phenoxy) is 1. The molecule has 1 unspecified atom stereocenters. The normalized spacial score (nSPS) is 15.1. The summed E-state index contributed by atoms with van der Waals surface area (Å²) >= 11 is 1.71. The summed E-state index contributed by atoms with van der Waals surface area (Å²) in [6.07, 6.45) is 1.95. The molecule has 0 aliphatic carbocycles. The highest BCUT2D eigenvalue weighted by atomic mass is 32.1. The molecule has 0 amide bonds. The number of rotatable bonds is 4. The zero-order valence-electron chi connectivity index (χ0n) is 11.3. The molecule has 0 spiro atoms. The van der Waals surface area contributed by atoms with Crippen LogP contribution < -0.4 is 10.1 Å². The van der Waals surface area contributed by atoms with Crippen molar-refractivity contribution in [3.05, 3.63) is 45.4 Å². The molecular formula is C15H18N2OS.